The first kappa shape index (κ1) is 15.1. The molecule has 0 spiro atoms. The topological polar surface area (TPSA) is 63.1 Å². The zero-order valence-electron chi connectivity index (χ0n) is 13.3. The molecule has 1 N–H and O–H groups in total. The quantitative estimate of drug-likeness (QED) is 0.773. The number of imidazole rings is 1. The smallest absolute Gasteiger partial charge is 0.240 e. The fraction of sp³-hybridized carbons (Fsp3) is 0.353. The van der Waals surface area contributed by atoms with E-state index in [1.807, 2.05) is 40.4 Å². The van der Waals surface area contributed by atoms with E-state index < -0.39 is 0 Å². The molecule has 1 aliphatic rings. The van der Waals surface area contributed by atoms with Gasteiger partial charge >= 0.3 is 0 Å². The van der Waals surface area contributed by atoms with Crippen molar-refractivity contribution in [1.82, 2.24) is 19.9 Å². The molecule has 2 aromatic heterocycles. The van der Waals surface area contributed by atoms with E-state index in [1.54, 1.807) is 17.7 Å². The maximum Gasteiger partial charge on any atom is 0.240 e. The number of aromatic nitrogens is 3. The van der Waals surface area contributed by atoms with Gasteiger partial charge in [0.1, 0.15) is 6.54 Å². The Balaban J connectivity index is 1.36. The van der Waals surface area contributed by atoms with Crippen LogP contribution >= 0.6 is 11.3 Å². The summed E-state index contributed by atoms with van der Waals surface area (Å²) >= 11 is 1.65. The lowest BCUT2D eigenvalue weighted by Gasteiger charge is -2.24. The minimum absolute atomic E-state index is 0.0177. The first-order valence-electron chi connectivity index (χ1n) is 8.14. The molecular weight excluding hydrogens is 322 g/mol. The summed E-state index contributed by atoms with van der Waals surface area (Å²) in [5.74, 6) is 0.0177. The van der Waals surface area contributed by atoms with Crippen molar-refractivity contribution in [3.8, 4) is 0 Å². The Bertz CT molecular complexity index is 829. The summed E-state index contributed by atoms with van der Waals surface area (Å²) in [6.07, 6.45) is 5.79. The summed E-state index contributed by atoms with van der Waals surface area (Å²) in [7, 11) is 0. The van der Waals surface area contributed by atoms with E-state index in [9.17, 15) is 4.79 Å². The number of amides is 1. The minimum atomic E-state index is 0.0177. The molecule has 0 radical (unpaired) electrons. The van der Waals surface area contributed by atoms with Gasteiger partial charge < -0.3 is 14.8 Å². The monoisotopic (exact) mass is 341 g/mol. The van der Waals surface area contributed by atoms with Crippen LogP contribution in [0.1, 0.15) is 12.8 Å². The van der Waals surface area contributed by atoms with E-state index in [4.69, 9.17) is 0 Å². The second-order valence-corrected chi connectivity index (χ2v) is 6.84. The molecule has 0 bridgehead atoms. The Labute approximate surface area is 144 Å². The zero-order chi connectivity index (χ0) is 16.4. The van der Waals surface area contributed by atoms with Gasteiger partial charge in [0, 0.05) is 30.7 Å². The molecule has 4 rings (SSSR count). The van der Waals surface area contributed by atoms with Crippen molar-refractivity contribution < 1.29 is 4.79 Å². The molecule has 0 aliphatic carbocycles. The molecule has 1 saturated heterocycles. The lowest BCUT2D eigenvalue weighted by atomic mass is 10.2. The third-order valence-corrected chi connectivity index (χ3v) is 5.23. The van der Waals surface area contributed by atoms with Crippen LogP contribution in [0.3, 0.4) is 0 Å². The molecule has 24 heavy (non-hydrogen) atoms. The number of rotatable bonds is 5. The van der Waals surface area contributed by atoms with E-state index >= 15 is 0 Å². The van der Waals surface area contributed by atoms with Crippen molar-refractivity contribution >= 4 is 33.4 Å². The van der Waals surface area contributed by atoms with Crippen LogP contribution in [0.5, 0.6) is 0 Å². The van der Waals surface area contributed by atoms with Crippen molar-refractivity contribution in [3.05, 3.63) is 42.2 Å². The summed E-state index contributed by atoms with van der Waals surface area (Å²) in [6.45, 7) is 1.97. The third kappa shape index (κ3) is 2.99. The number of nitrogens with zero attached hydrogens (tertiary/aromatic N) is 4. The van der Waals surface area contributed by atoms with Crippen LogP contribution in [0.2, 0.25) is 0 Å². The Morgan fingerprint density at radius 2 is 2.25 bits per heavy atom. The van der Waals surface area contributed by atoms with E-state index in [-0.39, 0.29) is 5.91 Å². The number of carbonyl (C=O) groups excluding carboxylic acids is 1. The van der Waals surface area contributed by atoms with Gasteiger partial charge in [0.15, 0.2) is 5.13 Å². The van der Waals surface area contributed by atoms with E-state index in [1.165, 1.54) is 0 Å². The first-order valence-corrected chi connectivity index (χ1v) is 9.02. The number of carbonyl (C=O) groups is 1. The number of anilines is 1. The van der Waals surface area contributed by atoms with E-state index in [2.05, 4.69) is 20.2 Å². The van der Waals surface area contributed by atoms with Gasteiger partial charge in [-0.2, -0.15) is 0 Å². The lowest BCUT2D eigenvalue weighted by molar-refractivity contribution is -0.121. The summed E-state index contributed by atoms with van der Waals surface area (Å²) in [6, 6.07) is 8.18. The molecule has 6 nitrogen and oxygen atoms in total. The Morgan fingerprint density at radius 1 is 1.33 bits per heavy atom. The van der Waals surface area contributed by atoms with Gasteiger partial charge in [-0.15, -0.1) is 11.3 Å². The van der Waals surface area contributed by atoms with Gasteiger partial charge in [0.2, 0.25) is 5.91 Å². The standard InChI is InChI=1S/C17H19N5OS/c23-16(11-21-12-20-14-5-1-2-6-15(14)21)19-10-13-4-3-8-22(13)17-18-7-9-24-17/h1-2,5-7,9,12-13H,3-4,8,10-11H2,(H,19,23)/t13-/m1/s1. The summed E-state index contributed by atoms with van der Waals surface area (Å²) < 4.78 is 1.89. The summed E-state index contributed by atoms with van der Waals surface area (Å²) in [5.41, 5.74) is 1.90. The minimum Gasteiger partial charge on any atom is -0.352 e. The van der Waals surface area contributed by atoms with Crippen molar-refractivity contribution in [2.24, 2.45) is 0 Å². The molecule has 1 aliphatic heterocycles. The van der Waals surface area contributed by atoms with Crippen LogP contribution in [0.25, 0.3) is 11.0 Å². The SMILES string of the molecule is O=C(Cn1cnc2ccccc21)NC[C@H]1CCCN1c1nccs1. The van der Waals surface area contributed by atoms with Gasteiger partial charge in [-0.1, -0.05) is 12.1 Å². The molecule has 1 fully saturated rings. The predicted octanol–water partition coefficient (Wildman–Crippen LogP) is 2.28. The second kappa shape index (κ2) is 6.60. The lowest BCUT2D eigenvalue weighted by Crippen LogP contribution is -2.41. The Morgan fingerprint density at radius 3 is 3.12 bits per heavy atom. The number of benzene rings is 1. The molecule has 1 amide bonds. The van der Waals surface area contributed by atoms with Crippen molar-refractivity contribution in [2.45, 2.75) is 25.4 Å². The van der Waals surface area contributed by atoms with E-state index in [0.29, 0.717) is 19.1 Å². The average molecular weight is 341 g/mol. The highest BCUT2D eigenvalue weighted by Gasteiger charge is 2.26. The fourth-order valence-corrected chi connectivity index (χ4v) is 3.98. The van der Waals surface area contributed by atoms with Gasteiger partial charge in [0.05, 0.1) is 17.4 Å². The summed E-state index contributed by atoms with van der Waals surface area (Å²) in [5, 5.41) is 6.11. The fourth-order valence-electron chi connectivity index (χ4n) is 3.24. The predicted molar refractivity (Wildman–Crippen MR) is 95.2 cm³/mol. The maximum atomic E-state index is 12.3. The number of para-hydroxylation sites is 2. The second-order valence-electron chi connectivity index (χ2n) is 5.97. The highest BCUT2D eigenvalue weighted by molar-refractivity contribution is 7.13. The van der Waals surface area contributed by atoms with Crippen LogP contribution in [0, 0.1) is 0 Å². The first-order chi connectivity index (χ1) is 11.8. The highest BCUT2D eigenvalue weighted by atomic mass is 32.1. The van der Waals surface area contributed by atoms with Crippen molar-refractivity contribution in [3.63, 3.8) is 0 Å². The molecule has 3 heterocycles. The molecule has 7 heteroatoms. The van der Waals surface area contributed by atoms with Crippen LogP contribution in [0.15, 0.2) is 42.2 Å². The molecule has 1 aromatic carbocycles. The zero-order valence-corrected chi connectivity index (χ0v) is 14.1. The summed E-state index contributed by atoms with van der Waals surface area (Å²) in [4.78, 5) is 23.3. The van der Waals surface area contributed by atoms with Crippen LogP contribution in [-0.4, -0.2) is 39.6 Å². The van der Waals surface area contributed by atoms with Gasteiger partial charge in [-0.05, 0) is 25.0 Å². The van der Waals surface area contributed by atoms with Crippen molar-refractivity contribution in [2.75, 3.05) is 18.0 Å². The maximum absolute atomic E-state index is 12.3. The molecule has 0 saturated carbocycles. The van der Waals surface area contributed by atoms with Gasteiger partial charge in [-0.25, -0.2) is 9.97 Å². The number of nitrogens with one attached hydrogen (secondary N) is 1. The largest absolute Gasteiger partial charge is 0.352 e. The molecule has 3 aromatic rings. The Kier molecular flexibility index (Phi) is 4.17. The highest BCUT2D eigenvalue weighted by Crippen LogP contribution is 2.26. The van der Waals surface area contributed by atoms with Crippen LogP contribution < -0.4 is 10.2 Å². The molecule has 0 unspecified atom stereocenters. The number of hydrogen-bond donors (Lipinski definition) is 1. The molecule has 124 valence electrons. The van der Waals surface area contributed by atoms with Crippen LogP contribution in [0.4, 0.5) is 5.13 Å². The van der Waals surface area contributed by atoms with Gasteiger partial charge in [0.25, 0.3) is 0 Å². The normalized spacial score (nSPS) is 17.5. The van der Waals surface area contributed by atoms with E-state index in [0.717, 1.165) is 35.6 Å². The number of hydrogen-bond acceptors (Lipinski definition) is 5. The molecular formula is C17H19N5OS. The molecule has 1 atom stereocenters. The number of thiazole rings is 1. The third-order valence-electron chi connectivity index (χ3n) is 4.42. The van der Waals surface area contributed by atoms with Crippen LogP contribution in [-0.2, 0) is 11.3 Å². The average Bonchev–Trinajstić information content (AvgIpc) is 3.33. The number of fused-ring (bicyclic) bond motifs is 1. The Hall–Kier alpha value is -2.41. The van der Waals surface area contributed by atoms with Gasteiger partial charge in [-0.3, -0.25) is 4.79 Å². The van der Waals surface area contributed by atoms with Crippen molar-refractivity contribution in [1.29, 1.82) is 0 Å².